The van der Waals surface area contributed by atoms with E-state index in [0.29, 0.717) is 23.4 Å². The highest BCUT2D eigenvalue weighted by Crippen LogP contribution is 2.11. The molecule has 94 valence electrons. The number of amides is 2. The molecule has 2 amide bonds. The Balaban J connectivity index is 2.04. The van der Waals surface area contributed by atoms with Gasteiger partial charge in [-0.3, -0.25) is 9.59 Å². The van der Waals surface area contributed by atoms with E-state index >= 15 is 0 Å². The maximum Gasteiger partial charge on any atom is 0.271 e. The van der Waals surface area contributed by atoms with E-state index in [0.717, 1.165) is 0 Å². The van der Waals surface area contributed by atoms with Crippen LogP contribution in [0.1, 0.15) is 18.4 Å². The Morgan fingerprint density at radius 2 is 2.28 bits per heavy atom. The van der Waals surface area contributed by atoms with Crippen LogP contribution in [-0.2, 0) is 16.2 Å². The lowest BCUT2D eigenvalue weighted by Gasteiger charge is -2.12. The number of nitrogens with zero attached hydrogens (tertiary/aromatic N) is 1. The van der Waals surface area contributed by atoms with Crippen molar-refractivity contribution in [2.24, 2.45) is 5.10 Å². The maximum atomic E-state index is 11.8. The number of anilines is 1. The van der Waals surface area contributed by atoms with Gasteiger partial charge in [0.2, 0.25) is 5.91 Å². The van der Waals surface area contributed by atoms with Crippen LogP contribution in [0, 0.1) is 0 Å². The predicted octanol–water partition coefficient (Wildman–Crippen LogP) is 0.383. The molecule has 18 heavy (non-hydrogen) atoms. The van der Waals surface area contributed by atoms with Crippen LogP contribution in [0.2, 0.25) is 0 Å². The summed E-state index contributed by atoms with van der Waals surface area (Å²) in [6.45, 7) is -0.0826. The average Bonchev–Trinajstić information content (AvgIpc) is 2.39. The normalized spacial score (nSPS) is 14.7. The number of aliphatic hydroxyl groups excluding tert-OH is 1. The molecule has 1 aliphatic rings. The number of benzene rings is 1. The molecular formula is C12H13N3O3. The van der Waals surface area contributed by atoms with Crippen LogP contribution in [-0.4, -0.2) is 22.6 Å². The van der Waals surface area contributed by atoms with Crippen LogP contribution < -0.4 is 10.7 Å². The van der Waals surface area contributed by atoms with Crippen LogP contribution in [0.5, 0.6) is 0 Å². The fourth-order valence-electron chi connectivity index (χ4n) is 1.59. The van der Waals surface area contributed by atoms with Gasteiger partial charge in [-0.25, -0.2) is 5.43 Å². The minimum absolute atomic E-state index is 0.0826. The molecule has 2 rings (SSSR count). The third kappa shape index (κ3) is 2.92. The highest BCUT2D eigenvalue weighted by Gasteiger charge is 2.18. The summed E-state index contributed by atoms with van der Waals surface area (Å²) in [6.07, 6.45) is 0.598. The number of hydrogen-bond acceptors (Lipinski definition) is 4. The van der Waals surface area contributed by atoms with Crippen LogP contribution in [0.4, 0.5) is 5.69 Å². The Morgan fingerprint density at radius 1 is 1.44 bits per heavy atom. The standard InChI is InChI=1S/C12H13N3O3/c16-7-8-2-1-3-9(6-8)13-12(18)10-4-5-11(17)15-14-10/h1-3,6,16H,4-5,7H2,(H,13,18)(H,15,17). The van der Waals surface area contributed by atoms with E-state index in [2.05, 4.69) is 15.8 Å². The third-order valence-electron chi connectivity index (χ3n) is 2.53. The largest absolute Gasteiger partial charge is 0.392 e. The zero-order valence-corrected chi connectivity index (χ0v) is 9.64. The summed E-state index contributed by atoms with van der Waals surface area (Å²) < 4.78 is 0. The van der Waals surface area contributed by atoms with Crippen molar-refractivity contribution in [3.8, 4) is 0 Å². The molecule has 0 unspecified atom stereocenters. The summed E-state index contributed by atoms with van der Waals surface area (Å²) in [6, 6.07) is 6.90. The minimum Gasteiger partial charge on any atom is -0.392 e. The lowest BCUT2D eigenvalue weighted by atomic mass is 10.1. The molecule has 1 aromatic carbocycles. The minimum atomic E-state index is -0.343. The molecule has 3 N–H and O–H groups in total. The number of carbonyl (C=O) groups excluding carboxylic acids is 2. The Bertz CT molecular complexity index is 511. The summed E-state index contributed by atoms with van der Waals surface area (Å²) in [4.78, 5) is 22.7. The first-order valence-electron chi connectivity index (χ1n) is 5.55. The molecule has 1 aromatic rings. The first-order chi connectivity index (χ1) is 8.69. The van der Waals surface area contributed by atoms with Gasteiger partial charge in [0.15, 0.2) is 0 Å². The molecule has 1 heterocycles. The molecule has 0 spiro atoms. The zero-order chi connectivity index (χ0) is 13.0. The van der Waals surface area contributed by atoms with Gasteiger partial charge < -0.3 is 10.4 Å². The van der Waals surface area contributed by atoms with Gasteiger partial charge in [-0.1, -0.05) is 12.1 Å². The molecule has 0 radical (unpaired) electrons. The van der Waals surface area contributed by atoms with Crippen LogP contribution >= 0.6 is 0 Å². The molecule has 0 atom stereocenters. The summed E-state index contributed by atoms with van der Waals surface area (Å²) in [5, 5.41) is 15.4. The molecule has 1 aliphatic heterocycles. The molecule has 0 aliphatic carbocycles. The van der Waals surface area contributed by atoms with Crippen molar-refractivity contribution < 1.29 is 14.7 Å². The average molecular weight is 247 g/mol. The quantitative estimate of drug-likeness (QED) is 0.721. The molecule has 6 nitrogen and oxygen atoms in total. The summed E-state index contributed by atoms with van der Waals surface area (Å²) in [5.41, 5.74) is 3.87. The highest BCUT2D eigenvalue weighted by atomic mass is 16.3. The van der Waals surface area contributed by atoms with Gasteiger partial charge in [0.1, 0.15) is 5.71 Å². The number of hydrogen-bond donors (Lipinski definition) is 3. The van der Waals surface area contributed by atoms with Crippen molar-refractivity contribution in [2.45, 2.75) is 19.4 Å². The summed E-state index contributed by atoms with van der Waals surface area (Å²) in [7, 11) is 0. The number of carbonyl (C=O) groups is 2. The smallest absolute Gasteiger partial charge is 0.271 e. The van der Waals surface area contributed by atoms with Crippen LogP contribution in [0.15, 0.2) is 29.4 Å². The van der Waals surface area contributed by atoms with Gasteiger partial charge >= 0.3 is 0 Å². The van der Waals surface area contributed by atoms with Crippen LogP contribution in [0.25, 0.3) is 0 Å². The molecular weight excluding hydrogens is 234 g/mol. The summed E-state index contributed by atoms with van der Waals surface area (Å²) in [5.74, 6) is -0.529. The second kappa shape index (κ2) is 5.42. The van der Waals surface area contributed by atoms with Crippen molar-refractivity contribution >= 4 is 23.2 Å². The Hall–Kier alpha value is -2.21. The van der Waals surface area contributed by atoms with E-state index in [1.165, 1.54) is 0 Å². The van der Waals surface area contributed by atoms with Gasteiger partial charge in [0.25, 0.3) is 5.91 Å². The maximum absolute atomic E-state index is 11.8. The lowest BCUT2D eigenvalue weighted by Crippen LogP contribution is -2.32. The third-order valence-corrected chi connectivity index (χ3v) is 2.53. The van der Waals surface area contributed by atoms with E-state index in [1.54, 1.807) is 24.3 Å². The molecule has 0 saturated heterocycles. The molecule has 6 heteroatoms. The van der Waals surface area contributed by atoms with E-state index in [4.69, 9.17) is 5.11 Å². The Morgan fingerprint density at radius 3 is 2.94 bits per heavy atom. The topological polar surface area (TPSA) is 90.8 Å². The van der Waals surface area contributed by atoms with Gasteiger partial charge in [0, 0.05) is 18.5 Å². The highest BCUT2D eigenvalue weighted by molar-refractivity contribution is 6.43. The van der Waals surface area contributed by atoms with Crippen molar-refractivity contribution in [1.29, 1.82) is 0 Å². The molecule has 0 aromatic heterocycles. The van der Waals surface area contributed by atoms with Gasteiger partial charge in [0.05, 0.1) is 6.61 Å². The van der Waals surface area contributed by atoms with E-state index in [9.17, 15) is 9.59 Å². The molecule has 0 saturated carbocycles. The Labute approximate surface area is 104 Å². The lowest BCUT2D eigenvalue weighted by molar-refractivity contribution is -0.121. The first-order valence-corrected chi connectivity index (χ1v) is 5.55. The second-order valence-corrected chi connectivity index (χ2v) is 3.91. The van der Waals surface area contributed by atoms with Gasteiger partial charge in [-0.05, 0) is 17.7 Å². The number of aliphatic hydroxyl groups is 1. The zero-order valence-electron chi connectivity index (χ0n) is 9.64. The van der Waals surface area contributed by atoms with Crippen molar-refractivity contribution in [2.75, 3.05) is 5.32 Å². The van der Waals surface area contributed by atoms with Crippen molar-refractivity contribution in [1.82, 2.24) is 5.43 Å². The van der Waals surface area contributed by atoms with E-state index in [1.807, 2.05) is 0 Å². The summed E-state index contributed by atoms with van der Waals surface area (Å²) >= 11 is 0. The van der Waals surface area contributed by atoms with Crippen molar-refractivity contribution in [3.63, 3.8) is 0 Å². The first kappa shape index (κ1) is 12.3. The van der Waals surface area contributed by atoms with E-state index in [-0.39, 0.29) is 24.8 Å². The van der Waals surface area contributed by atoms with Gasteiger partial charge in [-0.15, -0.1) is 0 Å². The molecule has 0 bridgehead atoms. The van der Waals surface area contributed by atoms with Crippen molar-refractivity contribution in [3.05, 3.63) is 29.8 Å². The van der Waals surface area contributed by atoms with E-state index < -0.39 is 0 Å². The predicted molar refractivity (Wildman–Crippen MR) is 65.8 cm³/mol. The number of nitrogens with one attached hydrogen (secondary N) is 2. The van der Waals surface area contributed by atoms with Crippen LogP contribution in [0.3, 0.4) is 0 Å². The number of hydrazone groups is 1. The molecule has 0 fully saturated rings. The fourth-order valence-corrected chi connectivity index (χ4v) is 1.59. The fraction of sp³-hybridized carbons (Fsp3) is 0.250. The second-order valence-electron chi connectivity index (χ2n) is 3.91. The Kier molecular flexibility index (Phi) is 3.69. The SMILES string of the molecule is O=C1CCC(C(=O)Nc2cccc(CO)c2)=NN1. The number of rotatable bonds is 3. The monoisotopic (exact) mass is 247 g/mol. The van der Waals surface area contributed by atoms with Gasteiger partial charge in [-0.2, -0.15) is 5.10 Å².